The highest BCUT2D eigenvalue weighted by Gasteiger charge is 2.54. The van der Waals surface area contributed by atoms with E-state index in [1.54, 1.807) is 0 Å². The second-order valence-corrected chi connectivity index (χ2v) is 9.64. The van der Waals surface area contributed by atoms with Gasteiger partial charge in [0.05, 0.1) is 6.20 Å². The van der Waals surface area contributed by atoms with Crippen molar-refractivity contribution in [2.45, 2.75) is 44.7 Å². The first-order chi connectivity index (χ1) is 15.4. The van der Waals surface area contributed by atoms with Gasteiger partial charge in [-0.25, -0.2) is 18.2 Å². The summed E-state index contributed by atoms with van der Waals surface area (Å²) in [6.07, 6.45) is 7.14. The van der Waals surface area contributed by atoms with Crippen LogP contribution in [0.4, 0.5) is 24.9 Å². The molecule has 1 heterocycles. The fraction of sp³-hybridized carbons (Fsp3) is 0.522. The van der Waals surface area contributed by atoms with Gasteiger partial charge in [-0.1, -0.05) is 0 Å². The van der Waals surface area contributed by atoms with Crippen LogP contribution in [0.1, 0.15) is 43.2 Å². The lowest BCUT2D eigenvalue weighted by Gasteiger charge is -2.59. The molecule has 1 aromatic heterocycles. The number of nitrogens with one attached hydrogen (secondary N) is 2. The molecular weight excluding hydrogens is 417 g/mol. The highest BCUT2D eigenvalue weighted by atomic mass is 19.2. The van der Waals surface area contributed by atoms with E-state index >= 15 is 0 Å². The number of halogens is 3. The lowest BCUT2D eigenvalue weighted by Crippen LogP contribution is -2.58. The van der Waals surface area contributed by atoms with Crippen LogP contribution >= 0.6 is 0 Å². The Balaban J connectivity index is 1.30. The maximum atomic E-state index is 13.9. The minimum Gasteiger partial charge on any atom is -0.368 e. The van der Waals surface area contributed by atoms with Gasteiger partial charge in [0.1, 0.15) is 23.3 Å². The van der Waals surface area contributed by atoms with Crippen LogP contribution in [0.5, 0.6) is 0 Å². The number of hydrogen-bond donors (Lipinski definition) is 3. The van der Waals surface area contributed by atoms with Crippen molar-refractivity contribution in [3.05, 3.63) is 46.9 Å². The normalized spacial score (nSPS) is 30.2. The molecule has 0 spiro atoms. The van der Waals surface area contributed by atoms with E-state index in [2.05, 4.69) is 26.7 Å². The van der Waals surface area contributed by atoms with Crippen LogP contribution in [0.25, 0.3) is 0 Å². The second-order valence-electron chi connectivity index (χ2n) is 9.64. The Kier molecular flexibility index (Phi) is 5.20. The lowest BCUT2D eigenvalue weighted by atomic mass is 9.48. The first-order valence-electron chi connectivity index (χ1n) is 11.0. The molecule has 9 heteroatoms. The maximum Gasteiger partial charge on any atom is 0.224 e. The number of nitrogens with zero attached hydrogens (tertiary/aromatic N) is 3. The first kappa shape index (κ1) is 21.0. The van der Waals surface area contributed by atoms with Crippen LogP contribution in [0.3, 0.4) is 0 Å². The number of rotatable bonds is 6. The van der Waals surface area contributed by atoms with E-state index in [1.807, 2.05) is 0 Å². The van der Waals surface area contributed by atoms with Crippen molar-refractivity contribution < 1.29 is 13.2 Å². The molecule has 4 fully saturated rings. The minimum absolute atomic E-state index is 0.0992. The summed E-state index contributed by atoms with van der Waals surface area (Å²) in [6.45, 7) is 0.370. The molecule has 4 bridgehead atoms. The zero-order chi connectivity index (χ0) is 22.5. The topological polar surface area (TPSA) is 99.6 Å². The van der Waals surface area contributed by atoms with E-state index in [0.717, 1.165) is 37.3 Å². The van der Waals surface area contributed by atoms with E-state index in [-0.39, 0.29) is 17.9 Å². The average molecular weight is 442 g/mol. The molecule has 2 aromatic rings. The Morgan fingerprint density at radius 3 is 2.53 bits per heavy atom. The smallest absolute Gasteiger partial charge is 0.224 e. The number of hydrogen-bond acceptors (Lipinski definition) is 6. The van der Waals surface area contributed by atoms with Gasteiger partial charge in [0.25, 0.3) is 0 Å². The molecule has 1 unspecified atom stereocenters. The van der Waals surface area contributed by atoms with Gasteiger partial charge in [0, 0.05) is 24.7 Å². The zero-order valence-electron chi connectivity index (χ0n) is 17.5. The fourth-order valence-corrected chi connectivity index (χ4v) is 6.30. The van der Waals surface area contributed by atoms with Crippen molar-refractivity contribution in [2.75, 3.05) is 17.2 Å². The summed E-state index contributed by atoms with van der Waals surface area (Å²) >= 11 is 0. The number of benzene rings is 1. The maximum absolute atomic E-state index is 13.9. The van der Waals surface area contributed by atoms with Crippen LogP contribution in [-0.2, 0) is 6.54 Å². The number of nitrogens with two attached hydrogens (primary N) is 1. The molecule has 4 aliphatic rings. The van der Waals surface area contributed by atoms with Gasteiger partial charge in [-0.05, 0) is 67.4 Å². The molecule has 0 amide bonds. The van der Waals surface area contributed by atoms with E-state index in [9.17, 15) is 18.4 Å². The summed E-state index contributed by atoms with van der Waals surface area (Å²) in [6, 6.07) is 4.00. The molecule has 0 aliphatic heterocycles. The van der Waals surface area contributed by atoms with Gasteiger partial charge < -0.3 is 16.4 Å². The standard InChI is InChI=1S/C23H25F3N6/c24-17-1-2-18(25)19(26)16(17)10-30-22-29-9-15(8-27)21(32-22)31-11-23-5-12-3-13(6-23)20(28)14(4-12)7-23/h1-2,9,12-14,20H,3-7,10-11,28H2,(H2,29,30,31,32)/t12?,13-,14+,20-,23-. The molecule has 5 atom stereocenters. The summed E-state index contributed by atoms with van der Waals surface area (Å²) < 4.78 is 41.2. The highest BCUT2D eigenvalue weighted by molar-refractivity contribution is 5.53. The number of nitriles is 1. The quantitative estimate of drug-likeness (QED) is 0.586. The molecule has 4 saturated carbocycles. The van der Waals surface area contributed by atoms with E-state index < -0.39 is 23.0 Å². The van der Waals surface area contributed by atoms with E-state index in [0.29, 0.717) is 35.8 Å². The van der Waals surface area contributed by atoms with Gasteiger partial charge in [0.15, 0.2) is 11.6 Å². The Morgan fingerprint density at radius 1 is 1.09 bits per heavy atom. The Morgan fingerprint density at radius 2 is 1.81 bits per heavy atom. The van der Waals surface area contributed by atoms with Crippen molar-refractivity contribution in [1.82, 2.24) is 9.97 Å². The van der Waals surface area contributed by atoms with Crippen molar-refractivity contribution in [3.63, 3.8) is 0 Å². The van der Waals surface area contributed by atoms with Gasteiger partial charge in [-0.2, -0.15) is 10.2 Å². The fourth-order valence-electron chi connectivity index (χ4n) is 6.30. The Hall–Kier alpha value is -2.86. The summed E-state index contributed by atoms with van der Waals surface area (Å²) in [5, 5.41) is 15.5. The van der Waals surface area contributed by atoms with E-state index in [4.69, 9.17) is 5.73 Å². The van der Waals surface area contributed by atoms with Gasteiger partial charge in [-0.15, -0.1) is 0 Å². The van der Waals surface area contributed by atoms with Crippen LogP contribution in [0, 0.1) is 52.0 Å². The molecule has 6 rings (SSSR count). The van der Waals surface area contributed by atoms with Crippen LogP contribution in [-0.4, -0.2) is 22.6 Å². The Bertz CT molecular complexity index is 1070. The molecule has 0 radical (unpaired) electrons. The van der Waals surface area contributed by atoms with Crippen molar-refractivity contribution in [3.8, 4) is 6.07 Å². The molecule has 168 valence electrons. The van der Waals surface area contributed by atoms with Crippen LogP contribution < -0.4 is 16.4 Å². The molecule has 4 N–H and O–H groups in total. The molecule has 1 aromatic carbocycles. The average Bonchev–Trinajstić information content (AvgIpc) is 2.78. The summed E-state index contributed by atoms with van der Waals surface area (Å²) in [5.41, 5.74) is 6.46. The zero-order valence-corrected chi connectivity index (χ0v) is 17.5. The molecule has 32 heavy (non-hydrogen) atoms. The monoisotopic (exact) mass is 442 g/mol. The third-order valence-electron chi connectivity index (χ3n) is 7.58. The predicted molar refractivity (Wildman–Crippen MR) is 113 cm³/mol. The third kappa shape index (κ3) is 3.66. The van der Waals surface area contributed by atoms with Crippen molar-refractivity contribution in [1.29, 1.82) is 5.26 Å². The van der Waals surface area contributed by atoms with Gasteiger partial charge in [0.2, 0.25) is 5.95 Å². The van der Waals surface area contributed by atoms with Gasteiger partial charge >= 0.3 is 0 Å². The third-order valence-corrected chi connectivity index (χ3v) is 7.58. The summed E-state index contributed by atoms with van der Waals surface area (Å²) in [7, 11) is 0. The molecule has 0 saturated heterocycles. The lowest BCUT2D eigenvalue weighted by molar-refractivity contribution is -0.0591. The second kappa shape index (κ2) is 7.93. The summed E-state index contributed by atoms with van der Waals surface area (Å²) in [4.78, 5) is 8.40. The van der Waals surface area contributed by atoms with Crippen molar-refractivity contribution in [2.24, 2.45) is 28.9 Å². The first-order valence-corrected chi connectivity index (χ1v) is 11.0. The molecular formula is C23H25F3N6. The summed E-state index contributed by atoms with van der Waals surface area (Å²) in [5.74, 6) is -0.889. The number of anilines is 2. The highest BCUT2D eigenvalue weighted by Crippen LogP contribution is 2.59. The van der Waals surface area contributed by atoms with Crippen LogP contribution in [0.15, 0.2) is 18.3 Å². The Labute approximate surface area is 184 Å². The van der Waals surface area contributed by atoms with Crippen LogP contribution in [0.2, 0.25) is 0 Å². The van der Waals surface area contributed by atoms with E-state index in [1.165, 1.54) is 19.0 Å². The SMILES string of the molecule is N#Cc1cnc(NCc2c(F)ccc(F)c2F)nc1NC[C@]12CC3C[C@H](C1)[C@@H](N)[C@@H](C3)C2. The minimum atomic E-state index is -1.25. The molecule has 4 aliphatic carbocycles. The largest absolute Gasteiger partial charge is 0.368 e. The van der Waals surface area contributed by atoms with Crippen molar-refractivity contribution >= 4 is 11.8 Å². The van der Waals surface area contributed by atoms with Gasteiger partial charge in [-0.3, -0.25) is 0 Å². The predicted octanol–water partition coefficient (Wildman–Crippen LogP) is 3.94. The number of aromatic nitrogens is 2. The molecule has 6 nitrogen and oxygen atoms in total.